The number of nitrogens with two attached hydrogens (primary N) is 1. The van der Waals surface area contributed by atoms with Crippen LogP contribution < -0.4 is 21.7 Å². The Morgan fingerprint density at radius 3 is 2.70 bits per heavy atom. The summed E-state index contributed by atoms with van der Waals surface area (Å²) in [6.45, 7) is 0. The van der Waals surface area contributed by atoms with Crippen molar-refractivity contribution in [1.29, 1.82) is 0 Å². The van der Waals surface area contributed by atoms with Gasteiger partial charge in [0.05, 0.1) is 21.1 Å². The van der Waals surface area contributed by atoms with E-state index in [4.69, 9.17) is 28.9 Å². The number of rotatable bonds is 5. The Labute approximate surface area is 169 Å². The summed E-state index contributed by atoms with van der Waals surface area (Å²) in [6.07, 6.45) is 2.18. The Balaban J connectivity index is 1.83. The van der Waals surface area contributed by atoms with Crippen LogP contribution in [0.2, 0.25) is 10.0 Å². The van der Waals surface area contributed by atoms with E-state index in [1.807, 2.05) is 0 Å². The van der Waals surface area contributed by atoms with Crippen molar-refractivity contribution in [1.82, 2.24) is 15.3 Å². The maximum absolute atomic E-state index is 12.1. The molecule has 0 spiro atoms. The predicted octanol–water partition coefficient (Wildman–Crippen LogP) is 4.26. The average molecular weight is 423 g/mol. The zero-order valence-electron chi connectivity index (χ0n) is 14.3. The largest absolute Gasteiger partial charge is 0.397 e. The van der Waals surface area contributed by atoms with Crippen molar-refractivity contribution in [2.75, 3.05) is 23.4 Å². The molecule has 10 heteroatoms. The van der Waals surface area contributed by atoms with Crippen molar-refractivity contribution in [2.24, 2.45) is 0 Å². The average Bonchev–Trinajstić information content (AvgIpc) is 3.39. The number of nitrogens with zero attached hydrogens (tertiary/aromatic N) is 2. The maximum atomic E-state index is 12.1. The molecule has 3 aromatic rings. The van der Waals surface area contributed by atoms with Crippen LogP contribution in [0.25, 0.3) is 10.2 Å². The first kappa shape index (κ1) is 18.1. The number of hydrogen-bond acceptors (Lipinski definition) is 7. The number of amides is 1. The van der Waals surface area contributed by atoms with Crippen molar-refractivity contribution in [3.8, 4) is 0 Å². The molecule has 7 nitrogen and oxygen atoms in total. The minimum absolute atomic E-state index is 0.257. The van der Waals surface area contributed by atoms with Crippen molar-refractivity contribution >= 4 is 73.8 Å². The molecule has 0 radical (unpaired) electrons. The first-order valence-electron chi connectivity index (χ1n) is 8.27. The van der Waals surface area contributed by atoms with Gasteiger partial charge in [-0.05, 0) is 31.0 Å². The first-order valence-corrected chi connectivity index (χ1v) is 9.84. The minimum atomic E-state index is -0.257. The molecule has 27 heavy (non-hydrogen) atoms. The molecule has 0 aliphatic heterocycles. The fourth-order valence-electron chi connectivity index (χ4n) is 2.58. The van der Waals surface area contributed by atoms with Gasteiger partial charge in [0, 0.05) is 18.8 Å². The Morgan fingerprint density at radius 2 is 2.04 bits per heavy atom. The standard InChI is InChI=1S/C17H16Cl2N6OS/c1-21-15(26)13-12(20)11-14(22-8-4-5-9(18)10(19)6-8)24-17(23-7-2-3-7)25-16(11)27-13/h4-7H,2-3,20H2,1H3,(H,21,26)(H2,22,23,24,25). The second-order valence-electron chi connectivity index (χ2n) is 6.17. The highest BCUT2D eigenvalue weighted by Gasteiger charge is 2.25. The van der Waals surface area contributed by atoms with Gasteiger partial charge in [-0.15, -0.1) is 11.3 Å². The molecule has 0 bridgehead atoms. The molecule has 1 aliphatic rings. The van der Waals surface area contributed by atoms with E-state index in [1.54, 1.807) is 25.2 Å². The fraction of sp³-hybridized carbons (Fsp3) is 0.235. The van der Waals surface area contributed by atoms with E-state index in [-0.39, 0.29) is 5.91 Å². The van der Waals surface area contributed by atoms with Gasteiger partial charge in [0.25, 0.3) is 5.91 Å². The van der Waals surface area contributed by atoms with E-state index < -0.39 is 0 Å². The second-order valence-corrected chi connectivity index (χ2v) is 7.99. The number of nitrogens with one attached hydrogen (secondary N) is 3. The highest BCUT2D eigenvalue weighted by molar-refractivity contribution is 7.21. The molecule has 4 rings (SSSR count). The molecule has 2 aromatic heterocycles. The topological polar surface area (TPSA) is 105 Å². The molecule has 140 valence electrons. The lowest BCUT2D eigenvalue weighted by molar-refractivity contribution is 0.0968. The van der Waals surface area contributed by atoms with Crippen LogP contribution in [-0.2, 0) is 0 Å². The zero-order valence-corrected chi connectivity index (χ0v) is 16.6. The van der Waals surface area contributed by atoms with E-state index in [9.17, 15) is 4.79 Å². The lowest BCUT2D eigenvalue weighted by atomic mass is 10.2. The first-order chi connectivity index (χ1) is 13.0. The third-order valence-electron chi connectivity index (χ3n) is 4.11. The van der Waals surface area contributed by atoms with E-state index in [1.165, 1.54) is 11.3 Å². The summed E-state index contributed by atoms with van der Waals surface area (Å²) >= 11 is 13.3. The van der Waals surface area contributed by atoms with E-state index >= 15 is 0 Å². The van der Waals surface area contributed by atoms with Crippen LogP contribution in [0.5, 0.6) is 0 Å². The summed E-state index contributed by atoms with van der Waals surface area (Å²) in [7, 11) is 1.56. The van der Waals surface area contributed by atoms with E-state index in [2.05, 4.69) is 25.9 Å². The lowest BCUT2D eigenvalue weighted by Gasteiger charge is -2.11. The Kier molecular flexibility index (Phi) is 4.71. The van der Waals surface area contributed by atoms with Crippen LogP contribution in [0.4, 0.5) is 23.1 Å². The lowest BCUT2D eigenvalue weighted by Crippen LogP contribution is -2.17. The van der Waals surface area contributed by atoms with Gasteiger partial charge in [0.15, 0.2) is 0 Å². The smallest absolute Gasteiger partial charge is 0.263 e. The summed E-state index contributed by atoms with van der Waals surface area (Å²) in [4.78, 5) is 22.3. The fourth-order valence-corrected chi connectivity index (χ4v) is 3.92. The van der Waals surface area contributed by atoms with Gasteiger partial charge < -0.3 is 21.7 Å². The normalized spacial score (nSPS) is 13.6. The number of carbonyl (C=O) groups excluding carboxylic acids is 1. The van der Waals surface area contributed by atoms with Crippen LogP contribution in [0.15, 0.2) is 18.2 Å². The van der Waals surface area contributed by atoms with Crippen LogP contribution >= 0.6 is 34.5 Å². The number of benzene rings is 1. The number of hydrogen-bond donors (Lipinski definition) is 4. The Morgan fingerprint density at radius 1 is 1.26 bits per heavy atom. The van der Waals surface area contributed by atoms with Crippen LogP contribution in [0.3, 0.4) is 0 Å². The van der Waals surface area contributed by atoms with Gasteiger partial charge in [0.2, 0.25) is 5.95 Å². The van der Waals surface area contributed by atoms with Crippen LogP contribution in [0.1, 0.15) is 22.5 Å². The monoisotopic (exact) mass is 422 g/mol. The second kappa shape index (κ2) is 7.03. The maximum Gasteiger partial charge on any atom is 0.263 e. The number of fused-ring (bicyclic) bond motifs is 1. The third-order valence-corrected chi connectivity index (χ3v) is 5.95. The molecule has 1 aromatic carbocycles. The third kappa shape index (κ3) is 3.60. The molecule has 1 aliphatic carbocycles. The molecule has 2 heterocycles. The number of aromatic nitrogens is 2. The zero-order chi connectivity index (χ0) is 19.1. The quantitative estimate of drug-likeness (QED) is 0.489. The summed E-state index contributed by atoms with van der Waals surface area (Å²) in [5.74, 6) is 0.746. The number of carbonyl (C=O) groups is 1. The molecular weight excluding hydrogens is 407 g/mol. The molecule has 0 atom stereocenters. The summed E-state index contributed by atoms with van der Waals surface area (Å²) < 4.78 is 0. The van der Waals surface area contributed by atoms with Gasteiger partial charge in [-0.3, -0.25) is 4.79 Å². The molecular formula is C17H16Cl2N6OS. The number of nitrogen functional groups attached to an aromatic ring is 1. The number of anilines is 4. The van der Waals surface area contributed by atoms with E-state index in [0.29, 0.717) is 54.3 Å². The van der Waals surface area contributed by atoms with Gasteiger partial charge >= 0.3 is 0 Å². The molecule has 1 fully saturated rings. The molecule has 5 N–H and O–H groups in total. The summed E-state index contributed by atoms with van der Waals surface area (Å²) in [5.41, 5.74) is 7.29. The highest BCUT2D eigenvalue weighted by atomic mass is 35.5. The van der Waals surface area contributed by atoms with E-state index in [0.717, 1.165) is 12.8 Å². The van der Waals surface area contributed by atoms with Gasteiger partial charge in [-0.1, -0.05) is 23.2 Å². The predicted molar refractivity (Wildman–Crippen MR) is 112 cm³/mol. The van der Waals surface area contributed by atoms with Crippen molar-refractivity contribution in [3.63, 3.8) is 0 Å². The van der Waals surface area contributed by atoms with Crippen LogP contribution in [-0.4, -0.2) is 29.0 Å². The molecule has 1 amide bonds. The van der Waals surface area contributed by atoms with Gasteiger partial charge in [-0.2, -0.15) is 4.98 Å². The van der Waals surface area contributed by atoms with Gasteiger partial charge in [-0.25, -0.2) is 4.98 Å². The SMILES string of the molecule is CNC(=O)c1sc2nc(NC3CC3)nc(Nc3ccc(Cl)c(Cl)c3)c2c1N. The van der Waals surface area contributed by atoms with Crippen LogP contribution in [0, 0.1) is 0 Å². The highest BCUT2D eigenvalue weighted by Crippen LogP contribution is 2.39. The Hall–Kier alpha value is -2.29. The summed E-state index contributed by atoms with van der Waals surface area (Å²) in [6, 6.07) is 5.57. The number of thiophene rings is 1. The Bertz CT molecular complexity index is 1050. The van der Waals surface area contributed by atoms with Crippen molar-refractivity contribution < 1.29 is 4.79 Å². The van der Waals surface area contributed by atoms with Crippen molar-refractivity contribution in [3.05, 3.63) is 33.1 Å². The van der Waals surface area contributed by atoms with Crippen molar-refractivity contribution in [2.45, 2.75) is 18.9 Å². The molecule has 0 saturated heterocycles. The summed E-state index contributed by atoms with van der Waals surface area (Å²) in [5, 5.41) is 10.6. The van der Waals surface area contributed by atoms with Gasteiger partial charge in [0.1, 0.15) is 15.5 Å². The molecule has 0 unspecified atom stereocenters. The minimum Gasteiger partial charge on any atom is -0.397 e. The molecule has 1 saturated carbocycles. The number of halogens is 2.